The molecule has 0 aliphatic rings. The van der Waals surface area contributed by atoms with Gasteiger partial charge >= 0.3 is 0 Å². The molecule has 0 bridgehead atoms. The van der Waals surface area contributed by atoms with Gasteiger partial charge in [-0.25, -0.2) is 14.1 Å². The van der Waals surface area contributed by atoms with Crippen molar-refractivity contribution in [3.05, 3.63) is 73.7 Å². The highest BCUT2D eigenvalue weighted by atomic mass is 35.5. The molecule has 1 aromatic carbocycles. The van der Waals surface area contributed by atoms with Gasteiger partial charge in [0.2, 0.25) is 5.95 Å². The molecule has 1 N–H and O–H groups in total. The van der Waals surface area contributed by atoms with Crippen molar-refractivity contribution < 1.29 is 9.18 Å². The summed E-state index contributed by atoms with van der Waals surface area (Å²) in [4.78, 5) is 31.1. The van der Waals surface area contributed by atoms with Crippen LogP contribution in [-0.2, 0) is 17.6 Å². The van der Waals surface area contributed by atoms with E-state index >= 15 is 0 Å². The number of benzene rings is 1. The van der Waals surface area contributed by atoms with Crippen molar-refractivity contribution in [1.29, 1.82) is 0 Å². The molecule has 28 heavy (non-hydrogen) atoms. The second-order valence-corrected chi connectivity index (χ2v) is 7.14. The second-order valence-electron chi connectivity index (χ2n) is 6.74. The first-order valence-corrected chi connectivity index (χ1v) is 9.21. The minimum absolute atomic E-state index is 0.0120. The van der Waals surface area contributed by atoms with Crippen molar-refractivity contribution in [3.63, 3.8) is 0 Å². The fraction of sp³-hybridized carbons (Fsp3) is 0.300. The number of hydrogen-bond donors (Lipinski definition) is 1. The highest BCUT2D eigenvalue weighted by Gasteiger charge is 2.16. The van der Waals surface area contributed by atoms with Crippen LogP contribution in [0.25, 0.3) is 5.95 Å². The van der Waals surface area contributed by atoms with Crippen LogP contribution in [0.3, 0.4) is 0 Å². The monoisotopic (exact) mass is 402 g/mol. The van der Waals surface area contributed by atoms with Crippen molar-refractivity contribution >= 4 is 17.4 Å². The number of aromatic nitrogens is 4. The lowest BCUT2D eigenvalue weighted by molar-refractivity contribution is -0.118. The third-order valence-corrected chi connectivity index (χ3v) is 4.83. The van der Waals surface area contributed by atoms with Crippen LogP contribution < -0.4 is 5.56 Å². The largest absolute Gasteiger partial charge is 0.299 e. The predicted molar refractivity (Wildman–Crippen MR) is 105 cm³/mol. The van der Waals surface area contributed by atoms with Gasteiger partial charge in [0.05, 0.1) is 10.7 Å². The Labute approximate surface area is 166 Å². The molecule has 2 heterocycles. The van der Waals surface area contributed by atoms with Gasteiger partial charge in [-0.05, 0) is 50.5 Å². The van der Waals surface area contributed by atoms with Crippen LogP contribution in [0.15, 0.2) is 29.1 Å². The fourth-order valence-electron chi connectivity index (χ4n) is 3.14. The highest BCUT2D eigenvalue weighted by Crippen LogP contribution is 2.19. The Morgan fingerprint density at radius 1 is 1.25 bits per heavy atom. The molecule has 3 aromatic rings. The number of hydrogen-bond acceptors (Lipinski definition) is 4. The first kappa shape index (κ1) is 19.9. The number of nitrogens with one attached hydrogen (secondary N) is 1. The lowest BCUT2D eigenvalue weighted by Gasteiger charge is -2.06. The summed E-state index contributed by atoms with van der Waals surface area (Å²) in [6, 6.07) is 5.71. The topological polar surface area (TPSA) is 80.6 Å². The number of nitrogens with zero attached hydrogens (tertiary/aromatic N) is 3. The highest BCUT2D eigenvalue weighted by molar-refractivity contribution is 6.30. The van der Waals surface area contributed by atoms with Crippen LogP contribution in [0.1, 0.15) is 34.6 Å². The van der Waals surface area contributed by atoms with E-state index in [1.165, 1.54) is 18.2 Å². The van der Waals surface area contributed by atoms with E-state index in [4.69, 9.17) is 11.6 Å². The molecule has 0 fully saturated rings. The molecule has 0 aliphatic heterocycles. The first-order valence-electron chi connectivity index (χ1n) is 8.83. The average molecular weight is 403 g/mol. The van der Waals surface area contributed by atoms with Crippen molar-refractivity contribution in [3.8, 4) is 5.95 Å². The van der Waals surface area contributed by atoms with Crippen LogP contribution in [0.5, 0.6) is 0 Å². The Kier molecular flexibility index (Phi) is 5.74. The van der Waals surface area contributed by atoms with Gasteiger partial charge in [-0.2, -0.15) is 5.10 Å². The third-order valence-electron chi connectivity index (χ3n) is 4.54. The minimum Gasteiger partial charge on any atom is -0.299 e. The Balaban J connectivity index is 1.74. The summed E-state index contributed by atoms with van der Waals surface area (Å²) in [6.45, 7) is 5.48. The van der Waals surface area contributed by atoms with Gasteiger partial charge in [0.15, 0.2) is 0 Å². The maximum Gasteiger partial charge on any atom is 0.252 e. The first-order chi connectivity index (χ1) is 13.2. The molecular weight excluding hydrogens is 383 g/mol. The number of aryl methyl sites for hydroxylation is 2. The molecule has 0 aliphatic carbocycles. The van der Waals surface area contributed by atoms with Gasteiger partial charge in [-0.15, -0.1) is 0 Å². The van der Waals surface area contributed by atoms with E-state index in [0.29, 0.717) is 30.0 Å². The van der Waals surface area contributed by atoms with E-state index in [1.54, 1.807) is 17.7 Å². The Morgan fingerprint density at radius 2 is 2.00 bits per heavy atom. The number of halogens is 2. The molecule has 0 radical (unpaired) electrons. The number of carbonyl (C=O) groups is 1. The van der Waals surface area contributed by atoms with E-state index in [1.807, 2.05) is 13.8 Å². The maximum atomic E-state index is 13.2. The van der Waals surface area contributed by atoms with E-state index < -0.39 is 5.82 Å². The Bertz CT molecular complexity index is 1100. The van der Waals surface area contributed by atoms with Gasteiger partial charge in [0.25, 0.3) is 5.56 Å². The molecule has 2 aromatic heterocycles. The Hall–Kier alpha value is -2.80. The zero-order valence-electron chi connectivity index (χ0n) is 15.8. The summed E-state index contributed by atoms with van der Waals surface area (Å²) < 4.78 is 14.8. The lowest BCUT2D eigenvalue weighted by Crippen LogP contribution is -2.15. The molecule has 146 valence electrons. The minimum atomic E-state index is -0.501. The van der Waals surface area contributed by atoms with Gasteiger partial charge < -0.3 is 0 Å². The zero-order valence-corrected chi connectivity index (χ0v) is 16.6. The van der Waals surface area contributed by atoms with Crippen molar-refractivity contribution in [1.82, 2.24) is 19.7 Å². The van der Waals surface area contributed by atoms with Crippen LogP contribution in [-0.4, -0.2) is 25.5 Å². The molecule has 0 spiro atoms. The molecule has 0 unspecified atom stereocenters. The summed E-state index contributed by atoms with van der Waals surface area (Å²) in [7, 11) is 0. The number of aromatic amines is 1. The average Bonchev–Trinajstić information content (AvgIpc) is 2.90. The maximum absolute atomic E-state index is 13.2. The molecule has 3 rings (SSSR count). The number of ketones is 1. The summed E-state index contributed by atoms with van der Waals surface area (Å²) in [5, 5.41) is 4.47. The third kappa shape index (κ3) is 4.36. The molecule has 0 saturated carbocycles. The van der Waals surface area contributed by atoms with Crippen LogP contribution in [0.2, 0.25) is 5.02 Å². The summed E-state index contributed by atoms with van der Waals surface area (Å²) >= 11 is 5.77. The van der Waals surface area contributed by atoms with Crippen molar-refractivity contribution in [2.75, 3.05) is 0 Å². The summed E-state index contributed by atoms with van der Waals surface area (Å²) in [5.74, 6) is -0.125. The standard InChI is InChI=1S/C20H20ClFN4O2/c1-11-8-19(28)24-20(23-11)26-13(3)16(12(2)25-26)6-5-15(27)9-14-4-7-18(22)17(21)10-14/h4,7-8,10H,5-6,9H2,1-3H3,(H,23,24,28). The van der Waals surface area contributed by atoms with Crippen molar-refractivity contribution in [2.45, 2.75) is 40.0 Å². The van der Waals surface area contributed by atoms with Gasteiger partial charge in [0.1, 0.15) is 11.6 Å². The van der Waals surface area contributed by atoms with E-state index in [2.05, 4.69) is 15.1 Å². The van der Waals surface area contributed by atoms with Gasteiger partial charge in [-0.1, -0.05) is 17.7 Å². The number of rotatable bonds is 6. The molecular formula is C20H20ClFN4O2. The van der Waals surface area contributed by atoms with Gasteiger partial charge in [0, 0.05) is 30.3 Å². The number of H-pyrrole nitrogens is 1. The number of carbonyl (C=O) groups excluding carboxylic acids is 1. The van der Waals surface area contributed by atoms with Crippen molar-refractivity contribution in [2.24, 2.45) is 0 Å². The molecule has 0 saturated heterocycles. The van der Waals surface area contributed by atoms with Crippen LogP contribution >= 0.6 is 11.6 Å². The zero-order chi connectivity index (χ0) is 20.4. The molecule has 0 atom stereocenters. The SMILES string of the molecule is Cc1cc(=O)[nH]c(-n2nc(C)c(CCC(=O)Cc3ccc(F)c(Cl)c3)c2C)n1. The molecule has 6 nitrogen and oxygen atoms in total. The van der Waals surface area contributed by atoms with E-state index in [9.17, 15) is 14.0 Å². The predicted octanol–water partition coefficient (Wildman–Crippen LogP) is 3.42. The summed E-state index contributed by atoms with van der Waals surface area (Å²) in [5.41, 5.74) is 3.57. The van der Waals surface area contributed by atoms with E-state index in [-0.39, 0.29) is 22.8 Å². The van der Waals surface area contributed by atoms with Gasteiger partial charge in [-0.3, -0.25) is 14.6 Å². The normalized spacial score (nSPS) is 11.0. The van der Waals surface area contributed by atoms with Crippen LogP contribution in [0, 0.1) is 26.6 Å². The second kappa shape index (κ2) is 8.06. The number of Topliss-reactive ketones (excluding diaryl/α,β-unsaturated/α-hetero) is 1. The van der Waals surface area contributed by atoms with Crippen LogP contribution in [0.4, 0.5) is 4.39 Å². The lowest BCUT2D eigenvalue weighted by atomic mass is 10.0. The van der Waals surface area contributed by atoms with E-state index in [0.717, 1.165) is 17.0 Å². The summed E-state index contributed by atoms with van der Waals surface area (Å²) in [6.07, 6.45) is 1.03. The Morgan fingerprint density at radius 3 is 2.68 bits per heavy atom. The molecule has 8 heteroatoms. The molecule has 0 amide bonds. The quantitative estimate of drug-likeness (QED) is 0.685. The fourth-order valence-corrected chi connectivity index (χ4v) is 3.34. The smallest absolute Gasteiger partial charge is 0.252 e.